The lowest BCUT2D eigenvalue weighted by Crippen LogP contribution is -2.28. The van der Waals surface area contributed by atoms with E-state index in [2.05, 4.69) is 15.5 Å². The van der Waals surface area contributed by atoms with Gasteiger partial charge in [0.05, 0.1) is 6.54 Å². The quantitative estimate of drug-likeness (QED) is 0.753. The number of carbonyl (C=O) groups is 1. The SMILES string of the molecule is O=C(COc1ccccc1)NCc1nnc(-c2ccc(F)cc2)o1. The molecule has 0 unspecified atom stereocenters. The number of ether oxygens (including phenoxy) is 1. The predicted octanol–water partition coefficient (Wildman–Crippen LogP) is 2.57. The Morgan fingerprint density at radius 3 is 2.58 bits per heavy atom. The van der Waals surface area contributed by atoms with Crippen LogP contribution in [0, 0.1) is 5.82 Å². The number of nitrogens with one attached hydrogen (secondary N) is 1. The Kier molecular flexibility index (Phi) is 4.81. The fourth-order valence-corrected chi connectivity index (χ4v) is 1.92. The highest BCUT2D eigenvalue weighted by Gasteiger charge is 2.10. The molecular weight excluding hydrogens is 313 g/mol. The van der Waals surface area contributed by atoms with E-state index in [1.807, 2.05) is 18.2 Å². The van der Waals surface area contributed by atoms with Crippen LogP contribution < -0.4 is 10.1 Å². The molecule has 0 radical (unpaired) electrons. The van der Waals surface area contributed by atoms with Crippen molar-refractivity contribution in [2.75, 3.05) is 6.61 Å². The van der Waals surface area contributed by atoms with E-state index in [0.717, 1.165) is 0 Å². The van der Waals surface area contributed by atoms with Gasteiger partial charge in [0.1, 0.15) is 11.6 Å². The molecule has 1 heterocycles. The molecule has 2 aromatic carbocycles. The van der Waals surface area contributed by atoms with E-state index in [9.17, 15) is 9.18 Å². The Balaban J connectivity index is 1.50. The Labute approximate surface area is 137 Å². The van der Waals surface area contributed by atoms with Gasteiger partial charge in [0.25, 0.3) is 5.91 Å². The summed E-state index contributed by atoms with van der Waals surface area (Å²) in [5, 5.41) is 10.3. The molecule has 3 aromatic rings. The normalized spacial score (nSPS) is 10.4. The molecule has 0 saturated carbocycles. The minimum atomic E-state index is -0.343. The van der Waals surface area contributed by atoms with Crippen LogP contribution in [0.25, 0.3) is 11.5 Å². The highest BCUT2D eigenvalue weighted by atomic mass is 19.1. The summed E-state index contributed by atoms with van der Waals surface area (Å²) in [5.41, 5.74) is 0.605. The molecule has 1 N–H and O–H groups in total. The molecule has 0 atom stereocenters. The summed E-state index contributed by atoms with van der Waals surface area (Å²) in [7, 11) is 0. The second-order valence-corrected chi connectivity index (χ2v) is 4.89. The molecule has 0 aliphatic rings. The Bertz CT molecular complexity index is 803. The van der Waals surface area contributed by atoms with Gasteiger partial charge in [-0.3, -0.25) is 4.79 Å². The second kappa shape index (κ2) is 7.36. The third-order valence-electron chi connectivity index (χ3n) is 3.11. The van der Waals surface area contributed by atoms with E-state index in [4.69, 9.17) is 9.15 Å². The first-order valence-electron chi connectivity index (χ1n) is 7.23. The zero-order chi connectivity index (χ0) is 16.8. The molecule has 24 heavy (non-hydrogen) atoms. The Morgan fingerprint density at radius 1 is 1.08 bits per heavy atom. The van der Waals surface area contributed by atoms with Gasteiger partial charge in [-0.2, -0.15) is 0 Å². The van der Waals surface area contributed by atoms with Crippen LogP contribution in [-0.2, 0) is 11.3 Å². The number of carbonyl (C=O) groups excluding carboxylic acids is 1. The number of hydrogen-bond donors (Lipinski definition) is 1. The van der Waals surface area contributed by atoms with Crippen LogP contribution in [0.2, 0.25) is 0 Å². The summed E-state index contributed by atoms with van der Waals surface area (Å²) in [5.74, 6) is 0.482. The molecule has 1 amide bonds. The van der Waals surface area contributed by atoms with Crippen LogP contribution >= 0.6 is 0 Å². The molecule has 0 bridgehead atoms. The number of benzene rings is 2. The van der Waals surface area contributed by atoms with Gasteiger partial charge in [-0.1, -0.05) is 18.2 Å². The van der Waals surface area contributed by atoms with Crippen LogP contribution in [0.3, 0.4) is 0 Å². The lowest BCUT2D eigenvalue weighted by molar-refractivity contribution is -0.123. The second-order valence-electron chi connectivity index (χ2n) is 4.89. The lowest BCUT2D eigenvalue weighted by Gasteiger charge is -2.05. The molecule has 0 spiro atoms. The molecule has 7 heteroatoms. The van der Waals surface area contributed by atoms with Gasteiger partial charge in [0.2, 0.25) is 11.8 Å². The van der Waals surface area contributed by atoms with Crippen LogP contribution in [0.15, 0.2) is 59.0 Å². The van der Waals surface area contributed by atoms with Gasteiger partial charge in [-0.05, 0) is 36.4 Å². The minimum Gasteiger partial charge on any atom is -0.484 e. The standard InChI is InChI=1S/C17H14FN3O3/c18-13-8-6-12(7-9-13)17-21-20-16(24-17)10-19-15(22)11-23-14-4-2-1-3-5-14/h1-9H,10-11H2,(H,19,22). The van der Waals surface area contributed by atoms with Crippen molar-refractivity contribution in [1.82, 2.24) is 15.5 Å². The van der Waals surface area contributed by atoms with Gasteiger partial charge in [-0.25, -0.2) is 4.39 Å². The average molecular weight is 327 g/mol. The highest BCUT2D eigenvalue weighted by Crippen LogP contribution is 2.17. The van der Waals surface area contributed by atoms with Gasteiger partial charge >= 0.3 is 0 Å². The molecule has 0 fully saturated rings. The first-order chi connectivity index (χ1) is 11.7. The number of rotatable bonds is 6. The number of para-hydroxylation sites is 1. The predicted molar refractivity (Wildman–Crippen MR) is 83.5 cm³/mol. The molecule has 122 valence electrons. The van der Waals surface area contributed by atoms with Crippen LogP contribution in [0.1, 0.15) is 5.89 Å². The maximum absolute atomic E-state index is 12.9. The smallest absolute Gasteiger partial charge is 0.258 e. The topological polar surface area (TPSA) is 77.2 Å². The molecule has 0 aliphatic heterocycles. The van der Waals surface area contributed by atoms with Gasteiger partial charge in [-0.15, -0.1) is 10.2 Å². The number of halogens is 1. The maximum atomic E-state index is 12.9. The third-order valence-corrected chi connectivity index (χ3v) is 3.11. The van der Waals surface area contributed by atoms with Crippen molar-refractivity contribution in [1.29, 1.82) is 0 Å². The van der Waals surface area contributed by atoms with E-state index in [1.54, 1.807) is 24.3 Å². The van der Waals surface area contributed by atoms with Crippen LogP contribution in [0.4, 0.5) is 4.39 Å². The number of amides is 1. The van der Waals surface area contributed by atoms with E-state index in [0.29, 0.717) is 11.3 Å². The van der Waals surface area contributed by atoms with Gasteiger partial charge in [0, 0.05) is 5.56 Å². The van der Waals surface area contributed by atoms with E-state index in [-0.39, 0.29) is 36.7 Å². The van der Waals surface area contributed by atoms with Gasteiger partial charge in [0.15, 0.2) is 6.61 Å². The largest absolute Gasteiger partial charge is 0.484 e. The van der Waals surface area contributed by atoms with Crippen LogP contribution in [-0.4, -0.2) is 22.7 Å². The summed E-state index contributed by atoms with van der Waals surface area (Å²) >= 11 is 0. The first-order valence-corrected chi connectivity index (χ1v) is 7.23. The monoisotopic (exact) mass is 327 g/mol. The zero-order valence-electron chi connectivity index (χ0n) is 12.6. The average Bonchev–Trinajstić information content (AvgIpc) is 3.09. The van der Waals surface area contributed by atoms with E-state index >= 15 is 0 Å². The third kappa shape index (κ3) is 4.16. The molecule has 0 saturated heterocycles. The number of nitrogens with zero attached hydrogens (tertiary/aromatic N) is 2. The minimum absolute atomic E-state index is 0.0885. The number of hydrogen-bond acceptors (Lipinski definition) is 5. The van der Waals surface area contributed by atoms with Crippen molar-refractivity contribution in [3.8, 4) is 17.2 Å². The summed E-state index contributed by atoms with van der Waals surface area (Å²) in [6.07, 6.45) is 0. The molecule has 6 nitrogen and oxygen atoms in total. The summed E-state index contributed by atoms with van der Waals surface area (Å²) < 4.78 is 23.6. The molecular formula is C17H14FN3O3. The molecule has 1 aromatic heterocycles. The fraction of sp³-hybridized carbons (Fsp3) is 0.118. The highest BCUT2D eigenvalue weighted by molar-refractivity contribution is 5.77. The summed E-state index contributed by atoms with van der Waals surface area (Å²) in [6.45, 7) is -0.0197. The van der Waals surface area contributed by atoms with E-state index < -0.39 is 0 Å². The first kappa shape index (κ1) is 15.7. The molecule has 3 rings (SSSR count). The van der Waals surface area contributed by atoms with Crippen molar-refractivity contribution in [3.05, 3.63) is 66.3 Å². The fourth-order valence-electron chi connectivity index (χ4n) is 1.92. The number of aromatic nitrogens is 2. The Hall–Kier alpha value is -3.22. The van der Waals surface area contributed by atoms with Crippen molar-refractivity contribution in [2.24, 2.45) is 0 Å². The summed E-state index contributed by atoms with van der Waals surface area (Å²) in [6, 6.07) is 14.7. The van der Waals surface area contributed by atoms with Crippen molar-refractivity contribution < 1.29 is 18.3 Å². The molecule has 0 aliphatic carbocycles. The summed E-state index contributed by atoms with van der Waals surface area (Å²) in [4.78, 5) is 11.7. The van der Waals surface area contributed by atoms with Crippen molar-refractivity contribution in [3.63, 3.8) is 0 Å². The maximum Gasteiger partial charge on any atom is 0.258 e. The van der Waals surface area contributed by atoms with Crippen molar-refractivity contribution >= 4 is 5.91 Å². The van der Waals surface area contributed by atoms with Gasteiger partial charge < -0.3 is 14.5 Å². The van der Waals surface area contributed by atoms with Crippen molar-refractivity contribution in [2.45, 2.75) is 6.54 Å². The lowest BCUT2D eigenvalue weighted by atomic mass is 10.2. The zero-order valence-corrected chi connectivity index (χ0v) is 12.6. The van der Waals surface area contributed by atoms with Crippen LogP contribution in [0.5, 0.6) is 5.75 Å². The van der Waals surface area contributed by atoms with E-state index in [1.165, 1.54) is 12.1 Å². The Morgan fingerprint density at radius 2 is 1.83 bits per heavy atom.